The molecule has 0 bridgehead atoms. The Balaban J connectivity index is 1.67. The van der Waals surface area contributed by atoms with Crippen molar-refractivity contribution in [3.05, 3.63) is 34.7 Å². The molecular weight excluding hydrogens is 362 g/mol. The average Bonchev–Trinajstić information content (AvgIpc) is 3.32. The van der Waals surface area contributed by atoms with Crippen molar-refractivity contribution in [3.8, 4) is 0 Å². The molecule has 0 aliphatic carbocycles. The van der Waals surface area contributed by atoms with Gasteiger partial charge >= 0.3 is 0 Å². The number of likely N-dealkylation sites (tertiary alicyclic amines) is 1. The van der Waals surface area contributed by atoms with Crippen LogP contribution in [0.15, 0.2) is 15.1 Å². The van der Waals surface area contributed by atoms with Crippen LogP contribution >= 0.6 is 0 Å². The molecule has 3 aromatic rings. The Morgan fingerprint density at radius 3 is 2.93 bits per heavy atom. The summed E-state index contributed by atoms with van der Waals surface area (Å²) in [6, 6.07) is 1.55. The quantitative estimate of drug-likeness (QED) is 0.660. The van der Waals surface area contributed by atoms with Crippen molar-refractivity contribution in [1.82, 2.24) is 25.2 Å². The summed E-state index contributed by atoms with van der Waals surface area (Å²) in [6.45, 7) is 4.80. The molecule has 3 aromatic heterocycles. The highest BCUT2D eigenvalue weighted by Gasteiger charge is 2.34. The van der Waals surface area contributed by atoms with Crippen LogP contribution in [0.2, 0.25) is 0 Å². The Kier molecular flexibility index (Phi) is 5.08. The molecule has 0 saturated carbocycles. The van der Waals surface area contributed by atoms with Gasteiger partial charge in [-0.25, -0.2) is 4.98 Å². The second-order valence-electron chi connectivity index (χ2n) is 7.06. The molecule has 1 unspecified atom stereocenters. The van der Waals surface area contributed by atoms with E-state index in [1.807, 2.05) is 18.7 Å². The number of rotatable bonds is 5. The number of nitrogens with zero attached hydrogens (tertiary/aromatic N) is 5. The van der Waals surface area contributed by atoms with Crippen LogP contribution in [0.25, 0.3) is 11.1 Å². The van der Waals surface area contributed by atoms with E-state index < -0.39 is 0 Å². The van der Waals surface area contributed by atoms with Crippen LogP contribution in [-0.2, 0) is 11.2 Å². The number of methoxy groups -OCH3 is 1. The highest BCUT2D eigenvalue weighted by atomic mass is 16.5. The number of aromatic nitrogens is 4. The number of piperidine rings is 1. The minimum atomic E-state index is -0.242. The Labute approximate surface area is 162 Å². The molecule has 148 valence electrons. The molecule has 28 heavy (non-hydrogen) atoms. The molecule has 9 nitrogen and oxygen atoms in total. The molecule has 4 rings (SSSR count). The van der Waals surface area contributed by atoms with Gasteiger partial charge in [-0.15, -0.1) is 0 Å². The number of ether oxygens (including phenoxy) is 1. The Hall–Kier alpha value is -2.81. The minimum Gasteiger partial charge on any atom is -0.384 e. The van der Waals surface area contributed by atoms with Gasteiger partial charge in [0.05, 0.1) is 23.3 Å². The molecule has 0 aromatic carbocycles. The van der Waals surface area contributed by atoms with E-state index in [1.54, 1.807) is 13.2 Å². The lowest BCUT2D eigenvalue weighted by molar-refractivity contribution is 0.0563. The van der Waals surface area contributed by atoms with Crippen LogP contribution in [0.4, 0.5) is 0 Å². The van der Waals surface area contributed by atoms with Crippen molar-refractivity contribution in [2.75, 3.05) is 20.3 Å². The van der Waals surface area contributed by atoms with Gasteiger partial charge in [-0.05, 0) is 39.2 Å². The van der Waals surface area contributed by atoms with Crippen LogP contribution in [-0.4, -0.2) is 51.3 Å². The van der Waals surface area contributed by atoms with Gasteiger partial charge in [0, 0.05) is 25.8 Å². The van der Waals surface area contributed by atoms with Crippen LogP contribution < -0.4 is 0 Å². The van der Waals surface area contributed by atoms with Crippen molar-refractivity contribution >= 4 is 17.0 Å². The maximum atomic E-state index is 13.5. The summed E-state index contributed by atoms with van der Waals surface area (Å²) >= 11 is 0. The third-order valence-electron chi connectivity index (χ3n) is 5.04. The predicted octanol–water partition coefficient (Wildman–Crippen LogP) is 2.78. The van der Waals surface area contributed by atoms with Crippen molar-refractivity contribution in [2.24, 2.45) is 0 Å². The lowest BCUT2D eigenvalue weighted by atomic mass is 9.99. The minimum absolute atomic E-state index is 0.0943. The highest BCUT2D eigenvalue weighted by Crippen LogP contribution is 2.33. The van der Waals surface area contributed by atoms with Gasteiger partial charge in [-0.2, -0.15) is 4.98 Å². The Morgan fingerprint density at radius 2 is 2.11 bits per heavy atom. The van der Waals surface area contributed by atoms with Crippen molar-refractivity contribution < 1.29 is 18.6 Å². The number of fused-ring (bicyclic) bond motifs is 1. The standard InChI is InChI=1S/C19H23N5O4/c1-11-10-13(16-12(2)22-28-18(16)20-11)19(25)24-8-5-4-6-14(24)17-21-15(23-27-17)7-9-26-3/h10,14H,4-9H2,1-3H3. The molecule has 1 atom stereocenters. The van der Waals surface area contributed by atoms with Gasteiger partial charge in [0.2, 0.25) is 5.89 Å². The van der Waals surface area contributed by atoms with E-state index in [4.69, 9.17) is 13.8 Å². The van der Waals surface area contributed by atoms with Crippen molar-refractivity contribution in [1.29, 1.82) is 0 Å². The smallest absolute Gasteiger partial charge is 0.258 e. The van der Waals surface area contributed by atoms with E-state index in [0.717, 1.165) is 19.3 Å². The van der Waals surface area contributed by atoms with Gasteiger partial charge in [0.25, 0.3) is 11.6 Å². The summed E-state index contributed by atoms with van der Waals surface area (Å²) in [5, 5.41) is 8.66. The average molecular weight is 385 g/mol. The van der Waals surface area contributed by atoms with Crippen LogP contribution in [0.1, 0.15) is 58.8 Å². The predicted molar refractivity (Wildman–Crippen MR) is 98.8 cm³/mol. The fraction of sp³-hybridized carbons (Fsp3) is 0.526. The van der Waals surface area contributed by atoms with E-state index in [1.165, 1.54) is 0 Å². The first-order valence-electron chi connectivity index (χ1n) is 9.44. The Bertz CT molecular complexity index is 996. The van der Waals surface area contributed by atoms with Crippen LogP contribution in [0, 0.1) is 13.8 Å². The number of aryl methyl sites for hydroxylation is 2. The monoisotopic (exact) mass is 385 g/mol. The van der Waals surface area contributed by atoms with Gasteiger partial charge in [-0.1, -0.05) is 10.3 Å². The van der Waals surface area contributed by atoms with Crippen molar-refractivity contribution in [3.63, 3.8) is 0 Å². The molecule has 4 heterocycles. The second-order valence-corrected chi connectivity index (χ2v) is 7.06. The topological polar surface area (TPSA) is 107 Å². The van der Waals surface area contributed by atoms with Crippen LogP contribution in [0.5, 0.6) is 0 Å². The molecule has 0 N–H and O–H groups in total. The molecule has 9 heteroatoms. The summed E-state index contributed by atoms with van der Waals surface area (Å²) in [5.74, 6) is 0.971. The zero-order valence-corrected chi connectivity index (χ0v) is 16.3. The van der Waals surface area contributed by atoms with E-state index >= 15 is 0 Å². The number of pyridine rings is 1. The molecule has 0 spiro atoms. The summed E-state index contributed by atoms with van der Waals surface area (Å²) in [4.78, 5) is 24.1. The lowest BCUT2D eigenvalue weighted by Gasteiger charge is -2.33. The maximum Gasteiger partial charge on any atom is 0.258 e. The van der Waals surface area contributed by atoms with Gasteiger partial charge in [0.15, 0.2) is 5.82 Å². The molecule has 1 amide bonds. The third-order valence-corrected chi connectivity index (χ3v) is 5.04. The summed E-state index contributed by atoms with van der Waals surface area (Å²) in [7, 11) is 1.63. The van der Waals surface area contributed by atoms with Gasteiger partial charge in [0.1, 0.15) is 6.04 Å². The number of hydrogen-bond donors (Lipinski definition) is 0. The second kappa shape index (κ2) is 7.67. The third kappa shape index (κ3) is 3.37. The van der Waals surface area contributed by atoms with E-state index in [-0.39, 0.29) is 11.9 Å². The summed E-state index contributed by atoms with van der Waals surface area (Å²) < 4.78 is 15.8. The fourth-order valence-electron chi connectivity index (χ4n) is 3.67. The zero-order valence-electron chi connectivity index (χ0n) is 16.3. The summed E-state index contributed by atoms with van der Waals surface area (Å²) in [6.07, 6.45) is 3.29. The molecule has 1 saturated heterocycles. The van der Waals surface area contributed by atoms with Crippen LogP contribution in [0.3, 0.4) is 0 Å². The normalized spacial score (nSPS) is 17.4. The molecule has 1 aliphatic rings. The first-order valence-corrected chi connectivity index (χ1v) is 9.44. The van der Waals surface area contributed by atoms with E-state index in [0.29, 0.717) is 59.3 Å². The lowest BCUT2D eigenvalue weighted by Crippen LogP contribution is -2.38. The maximum absolute atomic E-state index is 13.5. The zero-order chi connectivity index (χ0) is 19.7. The summed E-state index contributed by atoms with van der Waals surface area (Å²) in [5.41, 5.74) is 2.29. The first-order chi connectivity index (χ1) is 13.6. The molecule has 0 radical (unpaired) electrons. The SMILES string of the molecule is COCCc1noc(C2CCCCN2C(=O)c2cc(C)nc3onc(C)c23)n1. The number of carbonyl (C=O) groups excluding carboxylic acids is 1. The Morgan fingerprint density at radius 1 is 1.25 bits per heavy atom. The highest BCUT2D eigenvalue weighted by molar-refractivity contribution is 6.06. The number of carbonyl (C=O) groups is 1. The molecular formula is C19H23N5O4. The van der Waals surface area contributed by atoms with Gasteiger partial charge < -0.3 is 18.7 Å². The van der Waals surface area contributed by atoms with Crippen molar-refractivity contribution in [2.45, 2.75) is 45.6 Å². The van der Waals surface area contributed by atoms with E-state index in [2.05, 4.69) is 20.3 Å². The van der Waals surface area contributed by atoms with Gasteiger partial charge in [-0.3, -0.25) is 4.79 Å². The first kappa shape index (κ1) is 18.5. The largest absolute Gasteiger partial charge is 0.384 e. The molecule has 1 fully saturated rings. The van der Waals surface area contributed by atoms with E-state index in [9.17, 15) is 4.79 Å². The number of hydrogen-bond acceptors (Lipinski definition) is 8. The molecule has 1 aliphatic heterocycles. The number of amides is 1. The fourth-order valence-corrected chi connectivity index (χ4v) is 3.67.